The molecule has 1 fully saturated rings. The maximum absolute atomic E-state index is 12.5. The summed E-state index contributed by atoms with van der Waals surface area (Å²) in [6, 6.07) is 4.98. The molecule has 0 radical (unpaired) electrons. The number of nitrogens with one attached hydrogen (secondary N) is 1. The summed E-state index contributed by atoms with van der Waals surface area (Å²) in [6.07, 6.45) is -5.42. The predicted octanol–water partition coefficient (Wildman–Crippen LogP) is 3.15. The Balaban J connectivity index is 1.89. The van der Waals surface area contributed by atoms with Gasteiger partial charge in [-0.25, -0.2) is 4.79 Å². The molecule has 2 rings (SSSR count). The third-order valence-corrected chi connectivity index (χ3v) is 4.11. The monoisotopic (exact) mass is 417 g/mol. The third kappa shape index (κ3) is 7.35. The van der Waals surface area contributed by atoms with Crippen LogP contribution in [-0.4, -0.2) is 61.1 Å². The Kier molecular flexibility index (Phi) is 6.86. The Morgan fingerprint density at radius 1 is 1.10 bits per heavy atom. The molecule has 0 spiro atoms. The fourth-order valence-electron chi connectivity index (χ4n) is 2.88. The van der Waals surface area contributed by atoms with E-state index in [2.05, 4.69) is 10.1 Å². The van der Waals surface area contributed by atoms with Gasteiger partial charge < -0.3 is 24.6 Å². The zero-order valence-corrected chi connectivity index (χ0v) is 16.9. The van der Waals surface area contributed by atoms with Crippen molar-refractivity contribution in [1.82, 2.24) is 10.2 Å². The molecule has 1 atom stereocenters. The normalized spacial score (nSPS) is 16.2. The zero-order chi connectivity index (χ0) is 21.8. The van der Waals surface area contributed by atoms with Gasteiger partial charge in [0.25, 0.3) is 0 Å². The van der Waals surface area contributed by atoms with Crippen molar-refractivity contribution in [3.05, 3.63) is 24.3 Å². The number of hydrogen-bond acceptors (Lipinski definition) is 5. The van der Waals surface area contributed by atoms with Crippen LogP contribution in [0.4, 0.5) is 23.7 Å². The molecule has 0 saturated carbocycles. The lowest BCUT2D eigenvalue weighted by atomic mass is 10.2. The molecule has 10 heteroatoms. The van der Waals surface area contributed by atoms with Crippen LogP contribution >= 0.6 is 0 Å². The van der Waals surface area contributed by atoms with Crippen LogP contribution in [0.15, 0.2) is 24.3 Å². The summed E-state index contributed by atoms with van der Waals surface area (Å²) >= 11 is 0. The maximum Gasteiger partial charge on any atom is 0.573 e. The van der Waals surface area contributed by atoms with Gasteiger partial charge >= 0.3 is 12.5 Å². The van der Waals surface area contributed by atoms with Crippen LogP contribution in [0.3, 0.4) is 0 Å². The SMILES string of the molecule is C[C@@H](NC(=O)OC(C)(C)C)C(=O)N1CCN(c2cccc(OC(F)(F)F)c2)CC1. The minimum Gasteiger partial charge on any atom is -0.444 e. The second-order valence-corrected chi connectivity index (χ2v) is 7.73. The van der Waals surface area contributed by atoms with E-state index in [1.807, 2.05) is 4.90 Å². The molecule has 1 aliphatic rings. The summed E-state index contributed by atoms with van der Waals surface area (Å²) in [6.45, 7) is 8.41. The van der Waals surface area contributed by atoms with E-state index in [1.165, 1.54) is 18.2 Å². The van der Waals surface area contributed by atoms with E-state index in [-0.39, 0.29) is 11.7 Å². The smallest absolute Gasteiger partial charge is 0.444 e. The highest BCUT2D eigenvalue weighted by Crippen LogP contribution is 2.27. The second-order valence-electron chi connectivity index (χ2n) is 7.73. The Bertz CT molecular complexity index is 726. The number of anilines is 1. The minimum absolute atomic E-state index is 0.246. The van der Waals surface area contributed by atoms with Crippen LogP contribution in [0, 0.1) is 0 Å². The highest BCUT2D eigenvalue weighted by atomic mass is 19.4. The molecule has 29 heavy (non-hydrogen) atoms. The predicted molar refractivity (Wildman–Crippen MR) is 101 cm³/mol. The van der Waals surface area contributed by atoms with E-state index in [9.17, 15) is 22.8 Å². The molecule has 1 N–H and O–H groups in total. The van der Waals surface area contributed by atoms with E-state index in [4.69, 9.17) is 4.74 Å². The molecular weight excluding hydrogens is 391 g/mol. The Morgan fingerprint density at radius 3 is 2.28 bits per heavy atom. The van der Waals surface area contributed by atoms with Crippen molar-refractivity contribution in [3.63, 3.8) is 0 Å². The van der Waals surface area contributed by atoms with Gasteiger partial charge in [0.05, 0.1) is 0 Å². The number of hydrogen-bond donors (Lipinski definition) is 1. The van der Waals surface area contributed by atoms with E-state index in [0.717, 1.165) is 0 Å². The number of alkyl halides is 3. The first-order valence-corrected chi connectivity index (χ1v) is 9.23. The summed E-state index contributed by atoms with van der Waals surface area (Å²) < 4.78 is 46.3. The molecule has 0 aliphatic carbocycles. The Hall–Kier alpha value is -2.65. The van der Waals surface area contributed by atoms with Crippen LogP contribution in [0.1, 0.15) is 27.7 Å². The Morgan fingerprint density at radius 2 is 1.72 bits per heavy atom. The Labute approximate surface area is 167 Å². The average molecular weight is 417 g/mol. The second kappa shape index (κ2) is 8.79. The first-order valence-electron chi connectivity index (χ1n) is 9.23. The van der Waals surface area contributed by atoms with Gasteiger partial charge in [0.2, 0.25) is 5.91 Å². The number of carbonyl (C=O) groups excluding carboxylic acids is 2. The first-order chi connectivity index (χ1) is 13.3. The van der Waals surface area contributed by atoms with E-state index in [1.54, 1.807) is 38.7 Å². The molecule has 2 amide bonds. The number of amides is 2. The van der Waals surface area contributed by atoms with E-state index in [0.29, 0.717) is 31.9 Å². The van der Waals surface area contributed by atoms with E-state index < -0.39 is 24.1 Å². The van der Waals surface area contributed by atoms with Crippen molar-refractivity contribution < 1.29 is 32.2 Å². The summed E-state index contributed by atoms with van der Waals surface area (Å²) in [5.74, 6) is -0.534. The zero-order valence-electron chi connectivity index (χ0n) is 16.9. The summed E-state index contributed by atoms with van der Waals surface area (Å²) in [5.41, 5.74) is -0.0816. The maximum atomic E-state index is 12.5. The van der Waals surface area contributed by atoms with Gasteiger partial charge in [-0.2, -0.15) is 0 Å². The third-order valence-electron chi connectivity index (χ3n) is 4.11. The van der Waals surface area contributed by atoms with Crippen molar-refractivity contribution in [2.24, 2.45) is 0 Å². The summed E-state index contributed by atoms with van der Waals surface area (Å²) in [4.78, 5) is 27.8. The van der Waals surface area contributed by atoms with Crippen molar-refractivity contribution >= 4 is 17.7 Å². The molecule has 1 aromatic carbocycles. The summed E-state index contributed by atoms with van der Waals surface area (Å²) in [5, 5.41) is 2.52. The topological polar surface area (TPSA) is 71.1 Å². The molecular formula is C19H26F3N3O4. The number of rotatable bonds is 4. The molecule has 162 valence electrons. The number of nitrogens with zero attached hydrogens (tertiary/aromatic N) is 2. The van der Waals surface area contributed by atoms with Crippen LogP contribution in [0.2, 0.25) is 0 Å². The van der Waals surface area contributed by atoms with Gasteiger partial charge in [0.15, 0.2) is 0 Å². The molecule has 0 unspecified atom stereocenters. The van der Waals surface area contributed by atoms with Crippen molar-refractivity contribution in [3.8, 4) is 5.75 Å². The molecule has 0 bridgehead atoms. The lowest BCUT2D eigenvalue weighted by Gasteiger charge is -2.37. The fraction of sp³-hybridized carbons (Fsp3) is 0.579. The van der Waals surface area contributed by atoms with Gasteiger partial charge in [-0.15, -0.1) is 13.2 Å². The number of piperazine rings is 1. The number of alkyl carbamates (subject to hydrolysis) is 1. The molecule has 1 saturated heterocycles. The van der Waals surface area contributed by atoms with Gasteiger partial charge in [-0.05, 0) is 39.8 Å². The van der Waals surface area contributed by atoms with Gasteiger partial charge in [0.1, 0.15) is 17.4 Å². The molecule has 7 nitrogen and oxygen atoms in total. The van der Waals surface area contributed by atoms with Crippen LogP contribution in [-0.2, 0) is 9.53 Å². The van der Waals surface area contributed by atoms with E-state index >= 15 is 0 Å². The lowest BCUT2D eigenvalue weighted by Crippen LogP contribution is -2.54. The number of halogens is 3. The van der Waals surface area contributed by atoms with Crippen LogP contribution < -0.4 is 15.0 Å². The molecule has 0 aromatic heterocycles. The quantitative estimate of drug-likeness (QED) is 0.815. The molecule has 1 aliphatic heterocycles. The summed E-state index contributed by atoms with van der Waals surface area (Å²) in [7, 11) is 0. The van der Waals surface area contributed by atoms with Gasteiger partial charge in [-0.1, -0.05) is 6.07 Å². The minimum atomic E-state index is -4.75. The first kappa shape index (κ1) is 22.6. The molecule has 1 heterocycles. The number of benzene rings is 1. The van der Waals surface area contributed by atoms with Gasteiger partial charge in [-0.3, -0.25) is 4.79 Å². The van der Waals surface area contributed by atoms with Crippen LogP contribution in [0.5, 0.6) is 5.75 Å². The number of ether oxygens (including phenoxy) is 2. The van der Waals surface area contributed by atoms with Crippen LogP contribution in [0.25, 0.3) is 0 Å². The molecule has 1 aromatic rings. The standard InChI is InChI=1S/C19H26F3N3O4/c1-13(23-17(27)29-18(2,3)4)16(26)25-10-8-24(9-11-25)14-6-5-7-15(12-14)28-19(20,21)22/h5-7,12-13H,8-11H2,1-4H3,(H,23,27)/t13-/m1/s1. The highest BCUT2D eigenvalue weighted by Gasteiger charge is 2.32. The fourth-order valence-corrected chi connectivity index (χ4v) is 2.88. The lowest BCUT2D eigenvalue weighted by molar-refractivity contribution is -0.274. The number of carbonyl (C=O) groups is 2. The van der Waals surface area contributed by atoms with Crippen molar-refractivity contribution in [2.75, 3.05) is 31.1 Å². The van der Waals surface area contributed by atoms with Crippen molar-refractivity contribution in [1.29, 1.82) is 0 Å². The largest absolute Gasteiger partial charge is 0.573 e. The average Bonchev–Trinajstić information content (AvgIpc) is 2.58. The highest BCUT2D eigenvalue weighted by molar-refractivity contribution is 5.85. The van der Waals surface area contributed by atoms with Crippen molar-refractivity contribution in [2.45, 2.75) is 45.7 Å². The van der Waals surface area contributed by atoms with Gasteiger partial charge in [0, 0.05) is 37.9 Å².